The van der Waals surface area contributed by atoms with E-state index in [2.05, 4.69) is 18.4 Å². The van der Waals surface area contributed by atoms with E-state index in [0.717, 1.165) is 0 Å². The predicted octanol–water partition coefficient (Wildman–Crippen LogP) is 1.75. The smallest absolute Gasteiger partial charge is 0.00961 e. The molecule has 0 nitrogen and oxygen atoms in total. The minimum absolute atomic E-state index is 1.25. The second-order valence-electron chi connectivity index (χ2n) is 1.38. The molecule has 32 valence electrons. The molecule has 1 aliphatic rings. The second kappa shape index (κ2) is 1.55. The minimum atomic E-state index is 1.25. The predicted molar refractivity (Wildman–Crippen MR) is 29.8 cm³/mol. The Balaban J connectivity index is 2.64. The Morgan fingerprint density at radius 3 is 2.50 bits per heavy atom. The largest absolute Gasteiger partial charge is 0.143 e. The molecule has 0 bridgehead atoms. The summed E-state index contributed by atoms with van der Waals surface area (Å²) < 4.78 is 0. The maximum Gasteiger partial charge on any atom is 0.00961 e. The van der Waals surface area contributed by atoms with Gasteiger partial charge in [0.25, 0.3) is 0 Å². The van der Waals surface area contributed by atoms with Gasteiger partial charge in [-0.1, -0.05) is 0 Å². The lowest BCUT2D eigenvalue weighted by Gasteiger charge is -1.50. The summed E-state index contributed by atoms with van der Waals surface area (Å²) in [5.41, 5.74) is 4.38. The molecule has 0 aromatic rings. The molecule has 0 amide bonds. The Kier molecular flexibility index (Phi) is 1.04. The molecule has 0 aliphatic heterocycles. The van der Waals surface area contributed by atoms with Gasteiger partial charge in [-0.25, -0.2) is 0 Å². The van der Waals surface area contributed by atoms with Gasteiger partial charge in [0.2, 0.25) is 0 Å². The fourth-order valence-electron chi connectivity index (χ4n) is 0.298. The monoisotopic (exact) mass is 98.0 g/mol. The number of hydrogen-bond acceptors (Lipinski definition) is 1. The number of thiol groups is 1. The summed E-state index contributed by atoms with van der Waals surface area (Å²) in [6, 6.07) is 0. The molecule has 1 fully saturated rings. The van der Waals surface area contributed by atoms with Gasteiger partial charge in [0.05, 0.1) is 0 Å². The molecule has 0 saturated heterocycles. The first-order chi connectivity index (χ1) is 2.93. The van der Waals surface area contributed by atoms with Crippen molar-refractivity contribution in [2.75, 3.05) is 0 Å². The highest BCUT2D eigenvalue weighted by atomic mass is 32.1. The van der Waals surface area contributed by atoms with Crippen molar-refractivity contribution in [1.82, 2.24) is 0 Å². The van der Waals surface area contributed by atoms with Crippen LogP contribution in [0.25, 0.3) is 0 Å². The van der Waals surface area contributed by atoms with E-state index in [0.29, 0.717) is 0 Å². The maximum atomic E-state index is 3.84. The molecular weight excluding hydrogens is 92.1 g/mol. The van der Waals surface area contributed by atoms with E-state index in [9.17, 15) is 0 Å². The summed E-state index contributed by atoms with van der Waals surface area (Å²) in [7, 11) is 0. The first-order valence-corrected chi connectivity index (χ1v) is 2.52. The number of rotatable bonds is 0. The van der Waals surface area contributed by atoms with Crippen LogP contribution in [-0.4, -0.2) is 0 Å². The van der Waals surface area contributed by atoms with Crippen LogP contribution in [0.15, 0.2) is 16.7 Å². The highest BCUT2D eigenvalue weighted by Crippen LogP contribution is 2.25. The van der Waals surface area contributed by atoms with Gasteiger partial charge in [0.1, 0.15) is 0 Å². The van der Waals surface area contributed by atoms with Crippen molar-refractivity contribution in [3.05, 3.63) is 16.7 Å². The third-order valence-electron chi connectivity index (χ3n) is 0.769. The molecule has 0 unspecified atom stereocenters. The normalized spacial score (nSPS) is 16.5. The van der Waals surface area contributed by atoms with Crippen molar-refractivity contribution in [1.29, 1.82) is 0 Å². The van der Waals surface area contributed by atoms with Crippen LogP contribution in [0, 0.1) is 0 Å². The van der Waals surface area contributed by atoms with Gasteiger partial charge in [0, 0.05) is 5.41 Å². The van der Waals surface area contributed by atoms with Crippen molar-refractivity contribution in [3.8, 4) is 0 Å². The topological polar surface area (TPSA) is 0 Å². The zero-order valence-corrected chi connectivity index (χ0v) is 4.33. The van der Waals surface area contributed by atoms with Crippen LogP contribution in [0.5, 0.6) is 0 Å². The Morgan fingerprint density at radius 1 is 1.67 bits per heavy atom. The molecule has 1 aliphatic carbocycles. The SMILES string of the molecule is SC=C=C1CC1. The summed E-state index contributed by atoms with van der Waals surface area (Å²) in [6.45, 7) is 0. The van der Waals surface area contributed by atoms with E-state index in [1.165, 1.54) is 18.4 Å². The number of hydrogen-bond donors (Lipinski definition) is 1. The van der Waals surface area contributed by atoms with Crippen LogP contribution in [0.3, 0.4) is 0 Å². The summed E-state index contributed by atoms with van der Waals surface area (Å²) >= 11 is 3.84. The summed E-state index contributed by atoms with van der Waals surface area (Å²) in [5.74, 6) is 0. The lowest BCUT2D eigenvalue weighted by atomic mass is 10.7. The summed E-state index contributed by atoms with van der Waals surface area (Å²) in [4.78, 5) is 0. The van der Waals surface area contributed by atoms with Crippen LogP contribution in [0.4, 0.5) is 0 Å². The molecule has 0 atom stereocenters. The standard InChI is InChI=1S/C5H6S/c6-4-3-5-1-2-5/h4,6H,1-2H2. The quantitative estimate of drug-likeness (QED) is 0.346. The summed E-state index contributed by atoms with van der Waals surface area (Å²) in [5, 5.41) is 1.67. The van der Waals surface area contributed by atoms with Crippen LogP contribution in [-0.2, 0) is 0 Å². The third-order valence-corrected chi connectivity index (χ3v) is 0.898. The fourth-order valence-corrected chi connectivity index (χ4v) is 0.481. The van der Waals surface area contributed by atoms with Crippen molar-refractivity contribution in [2.45, 2.75) is 12.8 Å². The van der Waals surface area contributed by atoms with Gasteiger partial charge in [-0.2, -0.15) is 0 Å². The van der Waals surface area contributed by atoms with Gasteiger partial charge in [-0.05, 0) is 18.4 Å². The molecule has 0 spiro atoms. The lowest BCUT2D eigenvalue weighted by Crippen LogP contribution is -1.26. The van der Waals surface area contributed by atoms with Crippen molar-refractivity contribution < 1.29 is 0 Å². The highest BCUT2D eigenvalue weighted by molar-refractivity contribution is 7.83. The van der Waals surface area contributed by atoms with E-state index in [1.807, 2.05) is 0 Å². The number of allylic oxidation sites excluding steroid dienone is 1. The molecule has 6 heavy (non-hydrogen) atoms. The van der Waals surface area contributed by atoms with Crippen molar-refractivity contribution >= 4 is 12.6 Å². The molecule has 0 aromatic carbocycles. The van der Waals surface area contributed by atoms with Crippen molar-refractivity contribution in [2.24, 2.45) is 0 Å². The van der Waals surface area contributed by atoms with Gasteiger partial charge in [0.15, 0.2) is 0 Å². The third kappa shape index (κ3) is 0.925. The first-order valence-electron chi connectivity index (χ1n) is 2.00. The van der Waals surface area contributed by atoms with Gasteiger partial charge in [-0.3, -0.25) is 0 Å². The first kappa shape index (κ1) is 4.04. The zero-order valence-electron chi connectivity index (χ0n) is 3.44. The Hall–Kier alpha value is -0.130. The Morgan fingerprint density at radius 2 is 2.33 bits per heavy atom. The van der Waals surface area contributed by atoms with Crippen LogP contribution < -0.4 is 0 Å². The van der Waals surface area contributed by atoms with E-state index in [4.69, 9.17) is 0 Å². The molecule has 1 rings (SSSR count). The molecular formula is C5H6S. The highest BCUT2D eigenvalue weighted by Gasteiger charge is 2.07. The average Bonchev–Trinajstić information content (AvgIpc) is 2.21. The van der Waals surface area contributed by atoms with Gasteiger partial charge >= 0.3 is 0 Å². The second-order valence-corrected chi connectivity index (χ2v) is 1.64. The van der Waals surface area contributed by atoms with E-state index in [1.54, 1.807) is 5.41 Å². The van der Waals surface area contributed by atoms with E-state index in [-0.39, 0.29) is 0 Å². The molecule has 0 heterocycles. The zero-order chi connectivity index (χ0) is 4.41. The molecule has 1 heteroatoms. The fraction of sp³-hybridized carbons (Fsp3) is 0.400. The van der Waals surface area contributed by atoms with E-state index < -0.39 is 0 Å². The molecule has 0 aromatic heterocycles. The van der Waals surface area contributed by atoms with Crippen molar-refractivity contribution in [3.63, 3.8) is 0 Å². The average molecular weight is 98.2 g/mol. The minimum Gasteiger partial charge on any atom is -0.143 e. The lowest BCUT2D eigenvalue weighted by molar-refractivity contribution is 1.50. The maximum absolute atomic E-state index is 3.84. The van der Waals surface area contributed by atoms with Crippen LogP contribution >= 0.6 is 12.6 Å². The summed E-state index contributed by atoms with van der Waals surface area (Å²) in [6.07, 6.45) is 2.49. The molecule has 1 saturated carbocycles. The van der Waals surface area contributed by atoms with Gasteiger partial charge in [-0.15, -0.1) is 18.4 Å². The molecule has 0 N–H and O–H groups in total. The van der Waals surface area contributed by atoms with E-state index >= 15 is 0 Å². The Bertz CT molecular complexity index is 101. The molecule has 0 radical (unpaired) electrons. The van der Waals surface area contributed by atoms with Crippen LogP contribution in [0.2, 0.25) is 0 Å². The van der Waals surface area contributed by atoms with Gasteiger partial charge < -0.3 is 0 Å². The van der Waals surface area contributed by atoms with Crippen LogP contribution in [0.1, 0.15) is 12.8 Å². The Labute approximate surface area is 43.0 Å².